The maximum atomic E-state index is 2.80. The summed E-state index contributed by atoms with van der Waals surface area (Å²) in [6.45, 7) is 11.9. The molecule has 2 fully saturated rings. The van der Waals surface area contributed by atoms with E-state index in [1.165, 1.54) is 25.7 Å². The van der Waals surface area contributed by atoms with E-state index in [1.54, 1.807) is 0 Å². The van der Waals surface area contributed by atoms with Crippen molar-refractivity contribution in [1.29, 1.82) is 0 Å². The molecule has 0 spiro atoms. The van der Waals surface area contributed by atoms with Crippen LogP contribution in [-0.4, -0.2) is 23.0 Å². The molecule has 88 valence electrons. The second kappa shape index (κ2) is 3.76. The fourth-order valence-electron chi connectivity index (χ4n) is 3.97. The van der Waals surface area contributed by atoms with Crippen LogP contribution in [0.2, 0.25) is 0 Å². The van der Waals surface area contributed by atoms with Gasteiger partial charge >= 0.3 is 0 Å². The van der Waals surface area contributed by atoms with Crippen molar-refractivity contribution in [3.8, 4) is 0 Å². The van der Waals surface area contributed by atoms with Crippen LogP contribution < -0.4 is 0 Å². The van der Waals surface area contributed by atoms with E-state index in [2.05, 4.69) is 39.5 Å². The molecule has 15 heavy (non-hydrogen) atoms. The summed E-state index contributed by atoms with van der Waals surface area (Å²) in [6.07, 6.45) is 5.81. The van der Waals surface area contributed by atoms with Gasteiger partial charge in [-0.15, -0.1) is 0 Å². The van der Waals surface area contributed by atoms with Crippen LogP contribution in [0.5, 0.6) is 0 Å². The smallest absolute Gasteiger partial charge is 0.0130 e. The molecule has 2 rings (SSSR count). The largest absolute Gasteiger partial charge is 0.295 e. The van der Waals surface area contributed by atoms with Gasteiger partial charge in [-0.25, -0.2) is 0 Å². The highest BCUT2D eigenvalue weighted by atomic mass is 15.3. The van der Waals surface area contributed by atoms with Crippen LogP contribution >= 0.6 is 0 Å². The molecule has 0 amide bonds. The van der Waals surface area contributed by atoms with Gasteiger partial charge in [0.05, 0.1) is 0 Å². The standard InChI is InChI=1S/C14H27N/c1-10(2)15-12-6-7-13(15)11(8-12)9-14(3,4)5/h10-13H,6-9H2,1-5H3. The van der Waals surface area contributed by atoms with Gasteiger partial charge in [0, 0.05) is 18.1 Å². The summed E-state index contributed by atoms with van der Waals surface area (Å²) < 4.78 is 0. The monoisotopic (exact) mass is 209 g/mol. The molecule has 0 saturated carbocycles. The SMILES string of the molecule is CC(C)N1C2CCC1C(CC(C)(C)C)C2. The molecule has 2 saturated heterocycles. The van der Waals surface area contributed by atoms with E-state index >= 15 is 0 Å². The first-order valence-electron chi connectivity index (χ1n) is 6.66. The molecular weight excluding hydrogens is 182 g/mol. The topological polar surface area (TPSA) is 3.24 Å². The second-order valence-electron chi connectivity index (χ2n) is 7.10. The maximum absolute atomic E-state index is 2.80. The van der Waals surface area contributed by atoms with Gasteiger partial charge in [0.25, 0.3) is 0 Å². The molecule has 1 heteroatoms. The van der Waals surface area contributed by atoms with E-state index < -0.39 is 0 Å². The van der Waals surface area contributed by atoms with Crippen molar-refractivity contribution >= 4 is 0 Å². The summed E-state index contributed by atoms with van der Waals surface area (Å²) in [5.74, 6) is 0.978. The number of nitrogens with zero attached hydrogens (tertiary/aromatic N) is 1. The van der Waals surface area contributed by atoms with Crippen molar-refractivity contribution in [2.45, 2.75) is 78.4 Å². The quantitative estimate of drug-likeness (QED) is 0.670. The third-order valence-corrected chi connectivity index (χ3v) is 4.19. The fourth-order valence-corrected chi connectivity index (χ4v) is 3.97. The van der Waals surface area contributed by atoms with Crippen LogP contribution in [-0.2, 0) is 0 Å². The Hall–Kier alpha value is -0.0400. The molecule has 2 heterocycles. The van der Waals surface area contributed by atoms with Gasteiger partial charge in [-0.1, -0.05) is 20.8 Å². The molecule has 2 aliphatic heterocycles. The molecule has 3 unspecified atom stereocenters. The minimum absolute atomic E-state index is 0.512. The Morgan fingerprint density at radius 1 is 1.20 bits per heavy atom. The lowest BCUT2D eigenvalue weighted by Crippen LogP contribution is -2.36. The molecule has 1 nitrogen and oxygen atoms in total. The summed E-state index contributed by atoms with van der Waals surface area (Å²) in [5, 5.41) is 0. The third-order valence-electron chi connectivity index (χ3n) is 4.19. The zero-order chi connectivity index (χ0) is 11.2. The van der Waals surface area contributed by atoms with Crippen molar-refractivity contribution in [3.05, 3.63) is 0 Å². The lowest BCUT2D eigenvalue weighted by Gasteiger charge is -2.31. The van der Waals surface area contributed by atoms with Crippen LogP contribution in [0.3, 0.4) is 0 Å². The van der Waals surface area contributed by atoms with Crippen molar-refractivity contribution in [2.24, 2.45) is 11.3 Å². The first-order valence-corrected chi connectivity index (χ1v) is 6.66. The molecule has 0 N–H and O–H groups in total. The summed E-state index contributed by atoms with van der Waals surface area (Å²) in [5.41, 5.74) is 0.512. The molecule has 0 aliphatic carbocycles. The number of rotatable bonds is 2. The Morgan fingerprint density at radius 2 is 1.87 bits per heavy atom. The van der Waals surface area contributed by atoms with Gasteiger partial charge in [-0.05, 0) is 50.9 Å². The minimum Gasteiger partial charge on any atom is -0.295 e. The van der Waals surface area contributed by atoms with E-state index in [1.807, 2.05) is 0 Å². The molecule has 2 aliphatic rings. The molecular formula is C14H27N. The Labute approximate surface area is 95.2 Å². The van der Waals surface area contributed by atoms with Crippen molar-refractivity contribution in [2.75, 3.05) is 0 Å². The van der Waals surface area contributed by atoms with Gasteiger partial charge in [-0.3, -0.25) is 4.90 Å². The van der Waals surface area contributed by atoms with Crippen molar-refractivity contribution in [3.63, 3.8) is 0 Å². The fraction of sp³-hybridized carbons (Fsp3) is 1.00. The average Bonchev–Trinajstić information content (AvgIpc) is 2.56. The van der Waals surface area contributed by atoms with Crippen LogP contribution in [0, 0.1) is 11.3 Å². The van der Waals surface area contributed by atoms with E-state index in [4.69, 9.17) is 0 Å². The second-order valence-corrected chi connectivity index (χ2v) is 7.10. The first kappa shape index (κ1) is 11.4. The zero-order valence-electron chi connectivity index (χ0n) is 11.1. The van der Waals surface area contributed by atoms with E-state index in [9.17, 15) is 0 Å². The summed E-state index contributed by atoms with van der Waals surface area (Å²) >= 11 is 0. The van der Waals surface area contributed by atoms with E-state index in [0.717, 1.165) is 24.0 Å². The third kappa shape index (κ3) is 2.22. The van der Waals surface area contributed by atoms with Gasteiger partial charge < -0.3 is 0 Å². The van der Waals surface area contributed by atoms with Crippen LogP contribution in [0.1, 0.15) is 60.3 Å². The predicted molar refractivity (Wildman–Crippen MR) is 66.0 cm³/mol. The van der Waals surface area contributed by atoms with E-state index in [-0.39, 0.29) is 0 Å². The molecule has 0 aromatic heterocycles. The van der Waals surface area contributed by atoms with Gasteiger partial charge in [-0.2, -0.15) is 0 Å². The number of hydrogen-bond donors (Lipinski definition) is 0. The van der Waals surface area contributed by atoms with Crippen LogP contribution in [0.15, 0.2) is 0 Å². The van der Waals surface area contributed by atoms with Gasteiger partial charge in [0.15, 0.2) is 0 Å². The molecule has 0 aromatic carbocycles. The highest BCUT2D eigenvalue weighted by Crippen LogP contribution is 2.46. The van der Waals surface area contributed by atoms with Crippen LogP contribution in [0.25, 0.3) is 0 Å². The predicted octanol–water partition coefficient (Wildman–Crippen LogP) is 3.68. The molecule has 3 atom stereocenters. The number of hydrogen-bond acceptors (Lipinski definition) is 1. The first-order chi connectivity index (χ1) is 6.88. The van der Waals surface area contributed by atoms with Crippen molar-refractivity contribution < 1.29 is 0 Å². The Kier molecular flexibility index (Phi) is 2.87. The Bertz CT molecular complexity index is 226. The highest BCUT2D eigenvalue weighted by Gasteiger charge is 2.47. The highest BCUT2D eigenvalue weighted by molar-refractivity contribution is 5.02. The van der Waals surface area contributed by atoms with Crippen LogP contribution in [0.4, 0.5) is 0 Å². The average molecular weight is 209 g/mol. The van der Waals surface area contributed by atoms with E-state index in [0.29, 0.717) is 5.41 Å². The molecule has 0 aromatic rings. The van der Waals surface area contributed by atoms with Gasteiger partial charge in [0.2, 0.25) is 0 Å². The minimum atomic E-state index is 0.512. The Balaban J connectivity index is 2.02. The zero-order valence-corrected chi connectivity index (χ0v) is 11.1. The summed E-state index contributed by atoms with van der Waals surface area (Å²) in [4.78, 5) is 2.80. The lowest BCUT2D eigenvalue weighted by atomic mass is 9.77. The van der Waals surface area contributed by atoms with Crippen molar-refractivity contribution in [1.82, 2.24) is 4.90 Å². The molecule has 0 radical (unpaired) electrons. The normalized spacial score (nSPS) is 36.8. The van der Waals surface area contributed by atoms with Gasteiger partial charge in [0.1, 0.15) is 0 Å². The summed E-state index contributed by atoms with van der Waals surface area (Å²) in [6, 6.07) is 2.59. The Morgan fingerprint density at radius 3 is 2.33 bits per heavy atom. The lowest BCUT2D eigenvalue weighted by molar-refractivity contribution is 0.172. The maximum Gasteiger partial charge on any atom is 0.0130 e. The summed E-state index contributed by atoms with van der Waals surface area (Å²) in [7, 11) is 0. The molecule has 2 bridgehead atoms. The number of fused-ring (bicyclic) bond motifs is 2.